The maximum absolute atomic E-state index is 13.3. The number of nitrogens with one attached hydrogen (secondary N) is 2. The van der Waals surface area contributed by atoms with Crippen molar-refractivity contribution in [1.29, 1.82) is 0 Å². The Morgan fingerprint density at radius 2 is 1.41 bits per heavy atom. The van der Waals surface area contributed by atoms with Crippen LogP contribution in [0.4, 0.5) is 11.4 Å². The number of halogens is 1. The molecule has 1 unspecified atom stereocenters. The third-order valence-electron chi connectivity index (χ3n) is 5.03. The fourth-order valence-corrected chi connectivity index (χ4v) is 4.76. The lowest BCUT2D eigenvalue weighted by atomic mass is 10.1. The Bertz CT molecular complexity index is 1250. The number of carbonyl (C=O) groups is 2. The molecule has 2 N–H and O–H groups in total. The molecule has 0 saturated carbocycles. The van der Waals surface area contributed by atoms with Gasteiger partial charge in [0, 0.05) is 20.7 Å². The molecule has 0 fully saturated rings. The van der Waals surface area contributed by atoms with Gasteiger partial charge in [-0.2, -0.15) is 0 Å². The van der Waals surface area contributed by atoms with Crippen LogP contribution < -0.4 is 10.6 Å². The summed E-state index contributed by atoms with van der Waals surface area (Å²) < 4.78 is 0.950. The molecule has 4 rings (SSSR count). The fourth-order valence-electron chi connectivity index (χ4n) is 3.41. The molecule has 0 spiro atoms. The molecule has 0 bridgehead atoms. The van der Waals surface area contributed by atoms with Gasteiger partial charge in [0.15, 0.2) is 0 Å². The second kappa shape index (κ2) is 11.7. The molecule has 170 valence electrons. The van der Waals surface area contributed by atoms with Gasteiger partial charge in [0.05, 0.1) is 6.42 Å². The van der Waals surface area contributed by atoms with E-state index in [4.69, 9.17) is 0 Å². The molecule has 0 aromatic heterocycles. The van der Waals surface area contributed by atoms with E-state index in [2.05, 4.69) is 26.6 Å². The number of hydrogen-bond donors (Lipinski definition) is 2. The molecule has 0 saturated heterocycles. The molecule has 4 nitrogen and oxygen atoms in total. The number of amides is 2. The standard InChI is InChI=1S/C28H23BrN2O2S/c29-22-14-16-23(17-15-22)31-28(33)27(21-10-5-2-6-11-21)34-25-13-7-12-24(19-25)30-26(32)18-20-8-3-1-4-9-20/h1-17,19,27H,18H2,(H,30,32)(H,31,33). The number of rotatable bonds is 8. The van der Waals surface area contributed by atoms with E-state index in [1.54, 1.807) is 0 Å². The van der Waals surface area contributed by atoms with Crippen molar-refractivity contribution in [3.63, 3.8) is 0 Å². The Morgan fingerprint density at radius 1 is 0.735 bits per heavy atom. The van der Waals surface area contributed by atoms with Gasteiger partial charge in [0.25, 0.3) is 0 Å². The van der Waals surface area contributed by atoms with Gasteiger partial charge < -0.3 is 10.6 Å². The largest absolute Gasteiger partial charge is 0.326 e. The summed E-state index contributed by atoms with van der Waals surface area (Å²) in [4.78, 5) is 26.6. The smallest absolute Gasteiger partial charge is 0.242 e. The molecular formula is C28H23BrN2O2S. The van der Waals surface area contributed by atoms with Crippen molar-refractivity contribution in [2.75, 3.05) is 10.6 Å². The number of anilines is 2. The number of carbonyl (C=O) groups excluding carboxylic acids is 2. The minimum atomic E-state index is -0.458. The van der Waals surface area contributed by atoms with Gasteiger partial charge in [0.2, 0.25) is 11.8 Å². The molecule has 0 aliphatic heterocycles. The summed E-state index contributed by atoms with van der Waals surface area (Å²) in [6.07, 6.45) is 0.306. The van der Waals surface area contributed by atoms with Gasteiger partial charge in [-0.3, -0.25) is 9.59 Å². The van der Waals surface area contributed by atoms with Crippen LogP contribution in [0.1, 0.15) is 16.4 Å². The second-order valence-corrected chi connectivity index (χ2v) is 9.74. The molecular weight excluding hydrogens is 508 g/mol. The lowest BCUT2D eigenvalue weighted by Gasteiger charge is -2.18. The van der Waals surface area contributed by atoms with E-state index in [0.29, 0.717) is 12.1 Å². The highest BCUT2D eigenvalue weighted by molar-refractivity contribution is 9.10. The van der Waals surface area contributed by atoms with Crippen LogP contribution in [0.3, 0.4) is 0 Å². The molecule has 6 heteroatoms. The monoisotopic (exact) mass is 530 g/mol. The lowest BCUT2D eigenvalue weighted by Crippen LogP contribution is -2.19. The van der Waals surface area contributed by atoms with Crippen molar-refractivity contribution < 1.29 is 9.59 Å². The molecule has 4 aromatic carbocycles. The number of hydrogen-bond acceptors (Lipinski definition) is 3. The van der Waals surface area contributed by atoms with E-state index in [9.17, 15) is 9.59 Å². The first kappa shape index (κ1) is 23.8. The Hall–Kier alpha value is -3.35. The van der Waals surface area contributed by atoms with Gasteiger partial charge in [-0.1, -0.05) is 82.7 Å². The zero-order chi connectivity index (χ0) is 23.8. The Kier molecular flexibility index (Phi) is 8.17. The van der Waals surface area contributed by atoms with Crippen LogP contribution in [-0.4, -0.2) is 11.8 Å². The van der Waals surface area contributed by atoms with Gasteiger partial charge in [-0.25, -0.2) is 0 Å². The van der Waals surface area contributed by atoms with E-state index >= 15 is 0 Å². The summed E-state index contributed by atoms with van der Waals surface area (Å²) >= 11 is 4.86. The molecule has 0 aliphatic carbocycles. The normalized spacial score (nSPS) is 11.4. The average Bonchev–Trinajstić information content (AvgIpc) is 2.85. The highest BCUT2D eigenvalue weighted by Gasteiger charge is 2.22. The first-order valence-corrected chi connectivity index (χ1v) is 12.5. The van der Waals surface area contributed by atoms with E-state index in [0.717, 1.165) is 26.2 Å². The maximum atomic E-state index is 13.3. The lowest BCUT2D eigenvalue weighted by molar-refractivity contribution is -0.116. The van der Waals surface area contributed by atoms with Crippen molar-refractivity contribution >= 4 is 50.9 Å². The molecule has 0 heterocycles. The van der Waals surface area contributed by atoms with E-state index < -0.39 is 5.25 Å². The van der Waals surface area contributed by atoms with Crippen LogP contribution in [0.5, 0.6) is 0 Å². The van der Waals surface area contributed by atoms with Gasteiger partial charge >= 0.3 is 0 Å². The maximum Gasteiger partial charge on any atom is 0.242 e. The van der Waals surface area contributed by atoms with Crippen LogP contribution in [0.25, 0.3) is 0 Å². The minimum Gasteiger partial charge on any atom is -0.326 e. The van der Waals surface area contributed by atoms with Gasteiger partial charge in [0.1, 0.15) is 5.25 Å². The summed E-state index contributed by atoms with van der Waals surface area (Å²) in [7, 11) is 0. The van der Waals surface area contributed by atoms with Gasteiger partial charge in [-0.15, -0.1) is 11.8 Å². The predicted octanol–water partition coefficient (Wildman–Crippen LogP) is 7.10. The highest BCUT2D eigenvalue weighted by Crippen LogP contribution is 2.37. The van der Waals surface area contributed by atoms with Crippen molar-refractivity contribution in [3.8, 4) is 0 Å². The molecule has 4 aromatic rings. The molecule has 1 atom stereocenters. The first-order chi connectivity index (χ1) is 16.6. The minimum absolute atomic E-state index is 0.0825. The number of thioether (sulfide) groups is 1. The van der Waals surface area contributed by atoms with Crippen molar-refractivity contribution in [1.82, 2.24) is 0 Å². The fraction of sp³-hybridized carbons (Fsp3) is 0.0714. The second-order valence-electron chi connectivity index (χ2n) is 7.64. The Balaban J connectivity index is 1.49. The average molecular weight is 531 g/mol. The third-order valence-corrected chi connectivity index (χ3v) is 6.81. The van der Waals surface area contributed by atoms with Crippen LogP contribution in [-0.2, 0) is 16.0 Å². The van der Waals surface area contributed by atoms with E-state index in [1.165, 1.54) is 11.8 Å². The molecule has 0 radical (unpaired) electrons. The molecule has 2 amide bonds. The Labute approximate surface area is 211 Å². The topological polar surface area (TPSA) is 58.2 Å². The van der Waals surface area contributed by atoms with Crippen molar-refractivity contribution in [2.24, 2.45) is 0 Å². The first-order valence-electron chi connectivity index (χ1n) is 10.8. The quantitative estimate of drug-likeness (QED) is 0.239. The molecule has 0 aliphatic rings. The summed E-state index contributed by atoms with van der Waals surface area (Å²) in [6.45, 7) is 0. The zero-order valence-corrected chi connectivity index (χ0v) is 20.7. The predicted molar refractivity (Wildman–Crippen MR) is 143 cm³/mol. The van der Waals surface area contributed by atoms with Crippen LogP contribution in [0.2, 0.25) is 0 Å². The van der Waals surface area contributed by atoms with Crippen molar-refractivity contribution in [2.45, 2.75) is 16.6 Å². The van der Waals surface area contributed by atoms with Crippen LogP contribution >= 0.6 is 27.7 Å². The summed E-state index contributed by atoms with van der Waals surface area (Å²) in [5.74, 6) is -0.196. The Morgan fingerprint density at radius 3 is 2.12 bits per heavy atom. The summed E-state index contributed by atoms with van der Waals surface area (Å²) in [6, 6.07) is 34.4. The van der Waals surface area contributed by atoms with Gasteiger partial charge in [-0.05, 0) is 53.6 Å². The SMILES string of the molecule is O=C(Cc1ccccc1)Nc1cccc(SC(C(=O)Nc2ccc(Br)cc2)c2ccccc2)c1. The summed E-state index contributed by atoms with van der Waals surface area (Å²) in [5, 5.41) is 5.51. The number of benzene rings is 4. The molecule has 34 heavy (non-hydrogen) atoms. The van der Waals surface area contributed by atoms with Crippen LogP contribution in [0, 0.1) is 0 Å². The van der Waals surface area contributed by atoms with E-state index in [1.807, 2.05) is 109 Å². The summed E-state index contributed by atoms with van der Waals surface area (Å²) in [5.41, 5.74) is 3.29. The van der Waals surface area contributed by atoms with Crippen LogP contribution in [0.15, 0.2) is 119 Å². The zero-order valence-electron chi connectivity index (χ0n) is 18.3. The third kappa shape index (κ3) is 6.83. The van der Waals surface area contributed by atoms with E-state index in [-0.39, 0.29) is 11.8 Å². The highest BCUT2D eigenvalue weighted by atomic mass is 79.9. The van der Waals surface area contributed by atoms with Crippen molar-refractivity contribution in [3.05, 3.63) is 125 Å².